The summed E-state index contributed by atoms with van der Waals surface area (Å²) in [6.07, 6.45) is 2.47. The van der Waals surface area contributed by atoms with Crippen molar-refractivity contribution >= 4 is 22.7 Å². The standard InChI is InChI=1S/C17H17FN4/c18-12-6-7-16-15(10-12)20-17(19)22(16)14-5-3-4-13(11-14)21-8-1-2-9-21/h3-7,10-11H,1-2,8-9H2,(H2,19,20). The monoisotopic (exact) mass is 296 g/mol. The number of hydrogen-bond donors (Lipinski definition) is 1. The fourth-order valence-corrected chi connectivity index (χ4v) is 3.15. The molecule has 1 saturated heterocycles. The topological polar surface area (TPSA) is 47.1 Å². The average Bonchev–Trinajstić information content (AvgIpc) is 3.14. The molecule has 1 aromatic heterocycles. The van der Waals surface area contributed by atoms with E-state index in [4.69, 9.17) is 5.73 Å². The summed E-state index contributed by atoms with van der Waals surface area (Å²) in [5, 5.41) is 0. The number of nitrogens with two attached hydrogens (primary N) is 1. The molecule has 0 bridgehead atoms. The Bertz CT molecular complexity index is 834. The molecule has 5 heteroatoms. The Kier molecular flexibility index (Phi) is 2.99. The molecular formula is C17H17FN4. The van der Waals surface area contributed by atoms with E-state index in [-0.39, 0.29) is 5.82 Å². The van der Waals surface area contributed by atoms with E-state index in [2.05, 4.69) is 22.0 Å². The van der Waals surface area contributed by atoms with Crippen LogP contribution in [0, 0.1) is 5.82 Å². The third-order valence-electron chi connectivity index (χ3n) is 4.20. The van der Waals surface area contributed by atoms with E-state index >= 15 is 0 Å². The Morgan fingerprint density at radius 2 is 1.77 bits per heavy atom. The van der Waals surface area contributed by atoms with Gasteiger partial charge in [0, 0.05) is 24.8 Å². The van der Waals surface area contributed by atoms with Gasteiger partial charge in [0.1, 0.15) is 5.82 Å². The Labute approximate surface area is 128 Å². The number of anilines is 2. The number of nitrogens with zero attached hydrogens (tertiary/aromatic N) is 3. The van der Waals surface area contributed by atoms with Gasteiger partial charge in [-0.1, -0.05) is 6.07 Å². The van der Waals surface area contributed by atoms with Gasteiger partial charge in [0.15, 0.2) is 0 Å². The van der Waals surface area contributed by atoms with Gasteiger partial charge < -0.3 is 10.6 Å². The maximum Gasteiger partial charge on any atom is 0.205 e. The molecule has 0 saturated carbocycles. The van der Waals surface area contributed by atoms with Crippen molar-refractivity contribution in [2.45, 2.75) is 12.8 Å². The Morgan fingerprint density at radius 1 is 1.00 bits per heavy atom. The van der Waals surface area contributed by atoms with Crippen LogP contribution in [-0.2, 0) is 0 Å². The van der Waals surface area contributed by atoms with E-state index in [9.17, 15) is 4.39 Å². The van der Waals surface area contributed by atoms with Crippen LogP contribution in [0.25, 0.3) is 16.7 Å². The lowest BCUT2D eigenvalue weighted by Gasteiger charge is -2.19. The largest absolute Gasteiger partial charge is 0.371 e. The zero-order chi connectivity index (χ0) is 15.1. The van der Waals surface area contributed by atoms with Gasteiger partial charge >= 0.3 is 0 Å². The summed E-state index contributed by atoms with van der Waals surface area (Å²) in [5.74, 6) is 0.0714. The Morgan fingerprint density at radius 3 is 2.59 bits per heavy atom. The second-order valence-electron chi connectivity index (χ2n) is 5.65. The van der Waals surface area contributed by atoms with Crippen molar-refractivity contribution in [3.63, 3.8) is 0 Å². The zero-order valence-corrected chi connectivity index (χ0v) is 12.2. The quantitative estimate of drug-likeness (QED) is 0.789. The fraction of sp³-hybridized carbons (Fsp3) is 0.235. The minimum atomic E-state index is -0.303. The number of rotatable bonds is 2. The zero-order valence-electron chi connectivity index (χ0n) is 12.2. The molecule has 0 aliphatic carbocycles. The number of hydrogen-bond acceptors (Lipinski definition) is 3. The fourth-order valence-electron chi connectivity index (χ4n) is 3.15. The maximum absolute atomic E-state index is 13.4. The van der Waals surface area contributed by atoms with E-state index < -0.39 is 0 Å². The first-order valence-electron chi connectivity index (χ1n) is 7.51. The van der Waals surface area contributed by atoms with Crippen LogP contribution in [0.2, 0.25) is 0 Å². The molecule has 4 nitrogen and oxygen atoms in total. The smallest absolute Gasteiger partial charge is 0.205 e. The minimum Gasteiger partial charge on any atom is -0.371 e. The predicted octanol–water partition coefficient (Wildman–Crippen LogP) is 3.35. The van der Waals surface area contributed by atoms with E-state index in [0.29, 0.717) is 11.5 Å². The second-order valence-corrected chi connectivity index (χ2v) is 5.65. The first kappa shape index (κ1) is 13.1. The molecule has 112 valence electrons. The number of aromatic nitrogens is 2. The van der Waals surface area contributed by atoms with Gasteiger partial charge in [-0.2, -0.15) is 0 Å². The summed E-state index contributed by atoms with van der Waals surface area (Å²) < 4.78 is 15.2. The van der Waals surface area contributed by atoms with Crippen LogP contribution in [0.3, 0.4) is 0 Å². The van der Waals surface area contributed by atoms with Gasteiger partial charge in [-0.15, -0.1) is 0 Å². The Hall–Kier alpha value is -2.56. The van der Waals surface area contributed by atoms with Gasteiger partial charge in [0.2, 0.25) is 5.95 Å². The third kappa shape index (κ3) is 2.09. The van der Waals surface area contributed by atoms with Crippen LogP contribution in [0.5, 0.6) is 0 Å². The molecule has 0 atom stereocenters. The first-order valence-corrected chi connectivity index (χ1v) is 7.51. The van der Waals surface area contributed by atoms with Crippen molar-refractivity contribution in [3.05, 3.63) is 48.3 Å². The molecule has 4 rings (SSSR count). The van der Waals surface area contributed by atoms with Crippen molar-refractivity contribution in [2.75, 3.05) is 23.7 Å². The summed E-state index contributed by atoms with van der Waals surface area (Å²) >= 11 is 0. The van der Waals surface area contributed by atoms with Gasteiger partial charge in [-0.05, 0) is 43.2 Å². The highest BCUT2D eigenvalue weighted by molar-refractivity contribution is 5.81. The third-order valence-corrected chi connectivity index (χ3v) is 4.20. The number of nitrogen functional groups attached to an aromatic ring is 1. The molecule has 2 heterocycles. The molecule has 1 aliphatic heterocycles. The molecule has 0 radical (unpaired) electrons. The van der Waals surface area contributed by atoms with Crippen LogP contribution in [0.4, 0.5) is 16.0 Å². The van der Waals surface area contributed by atoms with Crippen molar-refractivity contribution in [3.8, 4) is 5.69 Å². The molecule has 3 aromatic rings. The van der Waals surface area contributed by atoms with Crippen LogP contribution in [-0.4, -0.2) is 22.6 Å². The van der Waals surface area contributed by atoms with Crippen LogP contribution < -0.4 is 10.6 Å². The molecular weight excluding hydrogens is 279 g/mol. The number of imidazole rings is 1. The van der Waals surface area contributed by atoms with Crippen molar-refractivity contribution in [1.29, 1.82) is 0 Å². The van der Waals surface area contributed by atoms with Crippen molar-refractivity contribution < 1.29 is 4.39 Å². The lowest BCUT2D eigenvalue weighted by atomic mass is 10.2. The molecule has 2 aromatic carbocycles. The van der Waals surface area contributed by atoms with Crippen molar-refractivity contribution in [2.24, 2.45) is 0 Å². The maximum atomic E-state index is 13.4. The first-order chi connectivity index (χ1) is 10.7. The molecule has 1 aliphatic rings. The van der Waals surface area contributed by atoms with Gasteiger partial charge in [0.05, 0.1) is 16.7 Å². The number of halogens is 1. The highest BCUT2D eigenvalue weighted by atomic mass is 19.1. The SMILES string of the molecule is Nc1nc2cc(F)ccc2n1-c1cccc(N2CCCC2)c1. The lowest BCUT2D eigenvalue weighted by molar-refractivity contribution is 0.629. The van der Waals surface area contributed by atoms with E-state index in [0.717, 1.165) is 24.3 Å². The lowest BCUT2D eigenvalue weighted by Crippen LogP contribution is -2.17. The normalized spacial score (nSPS) is 14.9. The van der Waals surface area contributed by atoms with Gasteiger partial charge in [-0.3, -0.25) is 4.57 Å². The van der Waals surface area contributed by atoms with Crippen molar-refractivity contribution in [1.82, 2.24) is 9.55 Å². The van der Waals surface area contributed by atoms with Crippen LogP contribution >= 0.6 is 0 Å². The highest BCUT2D eigenvalue weighted by Crippen LogP contribution is 2.27. The molecule has 0 amide bonds. The number of benzene rings is 2. The Balaban J connectivity index is 1.84. The van der Waals surface area contributed by atoms with E-state index in [1.54, 1.807) is 6.07 Å². The van der Waals surface area contributed by atoms with E-state index in [1.165, 1.54) is 30.7 Å². The average molecular weight is 296 g/mol. The molecule has 2 N–H and O–H groups in total. The van der Waals surface area contributed by atoms with Gasteiger partial charge in [-0.25, -0.2) is 9.37 Å². The summed E-state index contributed by atoms with van der Waals surface area (Å²) in [5.41, 5.74) is 9.59. The molecule has 0 unspecified atom stereocenters. The van der Waals surface area contributed by atoms with Gasteiger partial charge in [0.25, 0.3) is 0 Å². The second kappa shape index (κ2) is 5.02. The van der Waals surface area contributed by atoms with E-state index in [1.807, 2.05) is 16.7 Å². The molecule has 0 spiro atoms. The predicted molar refractivity (Wildman–Crippen MR) is 86.9 cm³/mol. The summed E-state index contributed by atoms with van der Waals surface area (Å²) in [7, 11) is 0. The highest BCUT2D eigenvalue weighted by Gasteiger charge is 2.15. The summed E-state index contributed by atoms with van der Waals surface area (Å²) in [6.45, 7) is 2.18. The number of fused-ring (bicyclic) bond motifs is 1. The summed E-state index contributed by atoms with van der Waals surface area (Å²) in [4.78, 5) is 6.64. The van der Waals surface area contributed by atoms with Crippen LogP contribution in [0.15, 0.2) is 42.5 Å². The molecule has 22 heavy (non-hydrogen) atoms. The minimum absolute atomic E-state index is 0.303. The summed E-state index contributed by atoms with van der Waals surface area (Å²) in [6, 6.07) is 12.8. The van der Waals surface area contributed by atoms with Crippen LogP contribution in [0.1, 0.15) is 12.8 Å². The molecule has 1 fully saturated rings.